The number of hydrogen-bond acceptors (Lipinski definition) is 6. The number of hydrogen-bond donors (Lipinski definition) is 3. The van der Waals surface area contributed by atoms with Gasteiger partial charge in [-0.15, -0.1) is 0 Å². The minimum absolute atomic E-state index is 0.101. The summed E-state index contributed by atoms with van der Waals surface area (Å²) in [5.74, 6) is -1.08. The number of carbonyl (C=O) groups is 1. The lowest BCUT2D eigenvalue weighted by Gasteiger charge is -2.17. The highest BCUT2D eigenvalue weighted by molar-refractivity contribution is 7.87. The lowest BCUT2D eigenvalue weighted by atomic mass is 10.2. The van der Waals surface area contributed by atoms with Crippen LogP contribution in [0.2, 0.25) is 0 Å². The molecule has 0 aliphatic heterocycles. The molecule has 3 N–H and O–H groups in total. The minimum Gasteiger partial charge on any atom is -0.465 e. The predicted octanol–water partition coefficient (Wildman–Crippen LogP) is 3.97. The number of rotatable bonds is 7. The number of anilines is 1. The molecule has 0 radical (unpaired) electrons. The summed E-state index contributed by atoms with van der Waals surface area (Å²) in [5.41, 5.74) is 0.827. The molecule has 0 aliphatic rings. The summed E-state index contributed by atoms with van der Waals surface area (Å²) in [6.45, 7) is 1.46. The molecule has 0 saturated carbocycles. The van der Waals surface area contributed by atoms with E-state index in [0.717, 1.165) is 18.2 Å². The van der Waals surface area contributed by atoms with Crippen molar-refractivity contribution >= 4 is 33.2 Å². The van der Waals surface area contributed by atoms with E-state index in [1.54, 1.807) is 0 Å². The van der Waals surface area contributed by atoms with Crippen molar-refractivity contribution in [2.24, 2.45) is 0 Å². The summed E-state index contributed by atoms with van der Waals surface area (Å²) >= 11 is 0. The number of aryl methyl sites for hydroxylation is 1. The summed E-state index contributed by atoms with van der Waals surface area (Å²) in [6.07, 6.45) is -10.3. The molecule has 14 heteroatoms. The molecule has 0 atom stereocenters. The van der Waals surface area contributed by atoms with E-state index in [9.17, 15) is 30.8 Å². The Labute approximate surface area is 171 Å². The van der Waals surface area contributed by atoms with Gasteiger partial charge in [0.25, 0.3) is 0 Å². The van der Waals surface area contributed by atoms with E-state index in [1.165, 1.54) is 19.1 Å². The molecule has 0 saturated heterocycles. The highest BCUT2D eigenvalue weighted by Crippen LogP contribution is 2.32. The van der Waals surface area contributed by atoms with Gasteiger partial charge < -0.3 is 19.0 Å². The number of alkyl halides is 4. The molecule has 1 aromatic heterocycles. The molecule has 9 nitrogen and oxygen atoms in total. The van der Waals surface area contributed by atoms with Gasteiger partial charge in [-0.25, -0.2) is 9.78 Å². The largest absolute Gasteiger partial charge is 0.465 e. The molecular formula is C17H13F4N3O6S. The number of imidazole rings is 1. The van der Waals surface area contributed by atoms with E-state index in [-0.39, 0.29) is 22.8 Å². The highest BCUT2D eigenvalue weighted by atomic mass is 32.2. The van der Waals surface area contributed by atoms with Crippen molar-refractivity contribution in [3.8, 4) is 11.5 Å². The summed E-state index contributed by atoms with van der Waals surface area (Å²) in [7, 11) is -4.58. The third kappa shape index (κ3) is 4.79. The van der Waals surface area contributed by atoms with E-state index >= 15 is 0 Å². The Hall–Kier alpha value is -3.55. The van der Waals surface area contributed by atoms with Gasteiger partial charge in [0, 0.05) is 11.6 Å². The first kappa shape index (κ1) is 22.1. The molecule has 3 rings (SSSR count). The SMILES string of the molecule is Cc1c(OS(=O)(=O)c2cccc(OC(F)(F)C(F)F)c2)ccc2[nH]c(NC(=O)O)nc12. The van der Waals surface area contributed by atoms with Crippen LogP contribution in [0.25, 0.3) is 11.0 Å². The Morgan fingerprint density at radius 2 is 1.97 bits per heavy atom. The standard InChI is InChI=1S/C17H13F4N3O6S/c1-8-12(6-5-11-13(8)23-15(22-11)24-16(25)26)30-31(27,28)10-4-2-3-9(7-10)29-17(20,21)14(18)19/h2-7,14H,1H3,(H,25,26)(H2,22,23,24). The van der Waals surface area contributed by atoms with Crippen LogP contribution >= 0.6 is 0 Å². The van der Waals surface area contributed by atoms with Gasteiger partial charge in [-0.05, 0) is 31.2 Å². The number of benzene rings is 2. The first-order chi connectivity index (χ1) is 14.4. The lowest BCUT2D eigenvalue weighted by Crippen LogP contribution is -2.33. The van der Waals surface area contributed by atoms with Crippen molar-refractivity contribution in [3.05, 3.63) is 42.0 Å². The molecule has 0 spiro atoms. The summed E-state index contributed by atoms with van der Waals surface area (Å²) < 4.78 is 84.8. The number of nitrogens with zero attached hydrogens (tertiary/aromatic N) is 1. The number of halogens is 4. The second-order valence-corrected chi connectivity index (χ2v) is 7.62. The number of nitrogens with one attached hydrogen (secondary N) is 2. The third-order valence-corrected chi connectivity index (χ3v) is 5.12. The molecule has 0 aliphatic carbocycles. The minimum atomic E-state index is -4.81. The number of aromatic amines is 1. The number of aromatic nitrogens is 2. The smallest absolute Gasteiger partial charge is 0.461 e. The van der Waals surface area contributed by atoms with E-state index in [2.05, 4.69) is 14.7 Å². The Bertz CT molecular complexity index is 1250. The maximum Gasteiger partial charge on any atom is 0.461 e. The van der Waals surface area contributed by atoms with Crippen LogP contribution in [0, 0.1) is 6.92 Å². The maximum absolute atomic E-state index is 13.1. The van der Waals surface area contributed by atoms with Crippen LogP contribution < -0.4 is 14.2 Å². The molecule has 2 aromatic carbocycles. The Morgan fingerprint density at radius 1 is 1.26 bits per heavy atom. The topological polar surface area (TPSA) is 131 Å². The quantitative estimate of drug-likeness (QED) is 0.357. The molecular weight excluding hydrogens is 450 g/mol. The Balaban J connectivity index is 1.90. The summed E-state index contributed by atoms with van der Waals surface area (Å²) in [6, 6.07) is 6.16. The predicted molar refractivity (Wildman–Crippen MR) is 98.3 cm³/mol. The van der Waals surface area contributed by atoms with Crippen molar-refractivity contribution in [3.63, 3.8) is 0 Å². The van der Waals surface area contributed by atoms with E-state index < -0.39 is 39.4 Å². The fourth-order valence-corrected chi connectivity index (χ4v) is 3.52. The number of amides is 1. The average Bonchev–Trinajstić information content (AvgIpc) is 3.06. The molecule has 0 bridgehead atoms. The van der Waals surface area contributed by atoms with Gasteiger partial charge in [0.05, 0.1) is 11.0 Å². The Kier molecular flexibility index (Phi) is 5.67. The third-order valence-electron chi connectivity index (χ3n) is 3.88. The lowest BCUT2D eigenvalue weighted by molar-refractivity contribution is -0.253. The summed E-state index contributed by atoms with van der Waals surface area (Å²) in [5, 5.41) is 10.8. The van der Waals surface area contributed by atoms with Crippen LogP contribution in [0.3, 0.4) is 0 Å². The van der Waals surface area contributed by atoms with Crippen LogP contribution in [0.1, 0.15) is 5.56 Å². The van der Waals surface area contributed by atoms with Crippen LogP contribution in [0.5, 0.6) is 11.5 Å². The van der Waals surface area contributed by atoms with Crippen molar-refractivity contribution < 1.29 is 44.8 Å². The normalized spacial score (nSPS) is 12.2. The molecule has 166 valence electrons. The monoisotopic (exact) mass is 463 g/mol. The number of carboxylic acid groups (broad SMARTS) is 1. The average molecular weight is 463 g/mol. The molecule has 3 aromatic rings. The zero-order valence-electron chi connectivity index (χ0n) is 15.4. The summed E-state index contributed by atoms with van der Waals surface area (Å²) in [4.78, 5) is 16.8. The fraction of sp³-hybridized carbons (Fsp3) is 0.176. The zero-order valence-corrected chi connectivity index (χ0v) is 16.2. The second kappa shape index (κ2) is 7.94. The first-order valence-electron chi connectivity index (χ1n) is 8.28. The highest BCUT2D eigenvalue weighted by Gasteiger charge is 2.44. The van der Waals surface area contributed by atoms with Crippen molar-refractivity contribution in [1.29, 1.82) is 0 Å². The fourth-order valence-electron chi connectivity index (χ4n) is 2.51. The molecule has 0 unspecified atom stereocenters. The van der Waals surface area contributed by atoms with Crippen LogP contribution in [0.15, 0.2) is 41.3 Å². The zero-order chi connectivity index (χ0) is 23.0. The number of fused-ring (bicyclic) bond motifs is 1. The van der Waals surface area contributed by atoms with Crippen molar-refractivity contribution in [2.45, 2.75) is 24.4 Å². The van der Waals surface area contributed by atoms with Crippen LogP contribution in [-0.2, 0) is 10.1 Å². The van der Waals surface area contributed by atoms with Crippen LogP contribution in [-0.4, -0.2) is 42.1 Å². The maximum atomic E-state index is 13.1. The van der Waals surface area contributed by atoms with Crippen molar-refractivity contribution in [1.82, 2.24) is 9.97 Å². The van der Waals surface area contributed by atoms with Gasteiger partial charge in [0.2, 0.25) is 5.95 Å². The van der Waals surface area contributed by atoms with Gasteiger partial charge in [0.15, 0.2) is 0 Å². The Morgan fingerprint density at radius 3 is 2.61 bits per heavy atom. The van der Waals surface area contributed by atoms with Gasteiger partial charge in [-0.1, -0.05) is 6.07 Å². The van der Waals surface area contributed by atoms with Gasteiger partial charge in [-0.2, -0.15) is 26.0 Å². The number of H-pyrrole nitrogens is 1. The van der Waals surface area contributed by atoms with E-state index in [0.29, 0.717) is 11.6 Å². The number of ether oxygens (including phenoxy) is 1. The van der Waals surface area contributed by atoms with Crippen molar-refractivity contribution in [2.75, 3.05) is 5.32 Å². The molecule has 1 heterocycles. The molecule has 0 fully saturated rings. The van der Waals surface area contributed by atoms with E-state index in [4.69, 9.17) is 9.29 Å². The van der Waals surface area contributed by atoms with Gasteiger partial charge >= 0.3 is 28.7 Å². The van der Waals surface area contributed by atoms with Crippen LogP contribution in [0.4, 0.5) is 28.3 Å². The second-order valence-electron chi connectivity index (χ2n) is 6.08. The van der Waals surface area contributed by atoms with E-state index in [1.807, 2.05) is 5.32 Å². The molecule has 1 amide bonds. The molecule has 31 heavy (non-hydrogen) atoms. The first-order valence-corrected chi connectivity index (χ1v) is 9.68. The van der Waals surface area contributed by atoms with Gasteiger partial charge in [0.1, 0.15) is 16.4 Å². The van der Waals surface area contributed by atoms with Gasteiger partial charge in [-0.3, -0.25) is 5.32 Å².